The average molecular weight is 422 g/mol. The van der Waals surface area contributed by atoms with Crippen LogP contribution in [-0.4, -0.2) is 72.2 Å². The van der Waals surface area contributed by atoms with Crippen LogP contribution < -0.4 is 15.0 Å². The molecule has 1 fully saturated rings. The summed E-state index contributed by atoms with van der Waals surface area (Å²) in [4.78, 5) is 41.3. The van der Waals surface area contributed by atoms with Crippen molar-refractivity contribution in [2.75, 3.05) is 40.4 Å². The maximum atomic E-state index is 13.0. The van der Waals surface area contributed by atoms with E-state index in [-0.39, 0.29) is 23.1 Å². The Morgan fingerprint density at radius 2 is 1.55 bits per heavy atom. The molecule has 0 saturated carbocycles. The summed E-state index contributed by atoms with van der Waals surface area (Å²) in [6, 6.07) is 11.9. The van der Waals surface area contributed by atoms with Crippen LogP contribution in [0, 0.1) is 0 Å². The Balaban J connectivity index is 1.49. The molecular formula is C22H22N4O5. The second kappa shape index (κ2) is 8.47. The Morgan fingerprint density at radius 1 is 0.903 bits per heavy atom. The van der Waals surface area contributed by atoms with Gasteiger partial charge in [0.05, 0.1) is 25.2 Å². The zero-order valence-corrected chi connectivity index (χ0v) is 17.3. The molecule has 9 heteroatoms. The van der Waals surface area contributed by atoms with Gasteiger partial charge in [0.1, 0.15) is 11.5 Å². The van der Waals surface area contributed by atoms with E-state index in [4.69, 9.17) is 9.47 Å². The van der Waals surface area contributed by atoms with Crippen molar-refractivity contribution in [3.63, 3.8) is 0 Å². The van der Waals surface area contributed by atoms with Gasteiger partial charge in [-0.15, -0.1) is 0 Å². The molecule has 0 unspecified atom stereocenters. The van der Waals surface area contributed by atoms with E-state index in [2.05, 4.69) is 10.2 Å². The van der Waals surface area contributed by atoms with Crippen LogP contribution in [0.1, 0.15) is 20.8 Å². The summed E-state index contributed by atoms with van der Waals surface area (Å²) in [5.74, 6) is 0.594. The largest absolute Gasteiger partial charge is 0.497 e. The fourth-order valence-electron chi connectivity index (χ4n) is 3.69. The van der Waals surface area contributed by atoms with Gasteiger partial charge in [-0.05, 0) is 18.2 Å². The molecule has 3 aromatic rings. The predicted molar refractivity (Wildman–Crippen MR) is 114 cm³/mol. The third-order valence-corrected chi connectivity index (χ3v) is 5.39. The van der Waals surface area contributed by atoms with Gasteiger partial charge in [0.25, 0.3) is 17.4 Å². The lowest BCUT2D eigenvalue weighted by Crippen LogP contribution is -2.50. The number of methoxy groups -OCH3 is 2. The number of carbonyl (C=O) groups excluding carboxylic acids is 2. The van der Waals surface area contributed by atoms with Crippen LogP contribution in [0.25, 0.3) is 10.8 Å². The van der Waals surface area contributed by atoms with Gasteiger partial charge < -0.3 is 19.3 Å². The maximum Gasteiger partial charge on any atom is 0.275 e. The first kappa shape index (κ1) is 20.4. The number of aromatic nitrogens is 2. The van der Waals surface area contributed by atoms with E-state index >= 15 is 0 Å². The third-order valence-electron chi connectivity index (χ3n) is 5.39. The molecular weight excluding hydrogens is 400 g/mol. The molecule has 9 nitrogen and oxygen atoms in total. The second-order valence-corrected chi connectivity index (χ2v) is 7.10. The highest BCUT2D eigenvalue weighted by Crippen LogP contribution is 2.26. The summed E-state index contributed by atoms with van der Waals surface area (Å²) in [7, 11) is 3.05. The number of H-pyrrole nitrogens is 1. The lowest BCUT2D eigenvalue weighted by molar-refractivity contribution is 0.0531. The highest BCUT2D eigenvalue weighted by Gasteiger charge is 2.28. The van der Waals surface area contributed by atoms with Crippen molar-refractivity contribution in [3.8, 4) is 11.5 Å². The van der Waals surface area contributed by atoms with Crippen molar-refractivity contribution in [2.45, 2.75) is 0 Å². The molecule has 1 aliphatic rings. The van der Waals surface area contributed by atoms with Crippen molar-refractivity contribution in [2.24, 2.45) is 0 Å². The van der Waals surface area contributed by atoms with E-state index in [1.807, 2.05) is 0 Å². The predicted octanol–water partition coefficient (Wildman–Crippen LogP) is 1.54. The third kappa shape index (κ3) is 3.81. The van der Waals surface area contributed by atoms with Gasteiger partial charge in [-0.1, -0.05) is 18.2 Å². The highest BCUT2D eigenvalue weighted by molar-refractivity contribution is 6.05. The quantitative estimate of drug-likeness (QED) is 0.684. The number of ether oxygens (including phenoxy) is 2. The van der Waals surface area contributed by atoms with Crippen LogP contribution in [0.2, 0.25) is 0 Å². The molecule has 0 aliphatic carbocycles. The van der Waals surface area contributed by atoms with Gasteiger partial charge in [-0.3, -0.25) is 14.4 Å². The van der Waals surface area contributed by atoms with Crippen LogP contribution in [0.15, 0.2) is 47.3 Å². The van der Waals surface area contributed by atoms with Gasteiger partial charge in [0.15, 0.2) is 5.69 Å². The zero-order chi connectivity index (χ0) is 22.0. The molecule has 31 heavy (non-hydrogen) atoms. The van der Waals surface area contributed by atoms with E-state index in [1.165, 1.54) is 7.11 Å². The number of hydrogen-bond acceptors (Lipinski definition) is 6. The Hall–Kier alpha value is -3.88. The number of piperazine rings is 1. The second-order valence-electron chi connectivity index (χ2n) is 7.10. The minimum Gasteiger partial charge on any atom is -0.497 e. The number of amides is 2. The van der Waals surface area contributed by atoms with Crippen molar-refractivity contribution < 1.29 is 19.1 Å². The van der Waals surface area contributed by atoms with Crippen molar-refractivity contribution in [1.82, 2.24) is 20.0 Å². The van der Waals surface area contributed by atoms with E-state index in [1.54, 1.807) is 59.4 Å². The molecule has 4 rings (SSSR count). The summed E-state index contributed by atoms with van der Waals surface area (Å²) >= 11 is 0. The lowest BCUT2D eigenvalue weighted by atomic mass is 10.1. The van der Waals surface area contributed by atoms with E-state index in [9.17, 15) is 14.4 Å². The summed E-state index contributed by atoms with van der Waals surface area (Å²) in [6.07, 6.45) is 0. The SMILES string of the molecule is COc1ccc(C(=O)N2CCN(C(=O)c3n[nH]c(=O)c4ccccc34)CC2)c(OC)c1. The summed E-state index contributed by atoms with van der Waals surface area (Å²) < 4.78 is 10.5. The Labute approximate surface area is 178 Å². The van der Waals surface area contributed by atoms with Crippen LogP contribution in [0.5, 0.6) is 11.5 Å². The topological polar surface area (TPSA) is 105 Å². The molecule has 0 atom stereocenters. The first-order valence-electron chi connectivity index (χ1n) is 9.81. The molecule has 2 aromatic carbocycles. The van der Waals surface area contributed by atoms with Crippen molar-refractivity contribution in [3.05, 3.63) is 64.1 Å². The summed E-state index contributed by atoms with van der Waals surface area (Å²) in [6.45, 7) is 1.47. The molecule has 1 aliphatic heterocycles. The Morgan fingerprint density at radius 3 is 2.19 bits per heavy atom. The number of benzene rings is 2. The van der Waals surface area contributed by atoms with Gasteiger partial charge in [-0.25, -0.2) is 5.10 Å². The Bertz CT molecular complexity index is 1200. The molecule has 0 radical (unpaired) electrons. The highest BCUT2D eigenvalue weighted by atomic mass is 16.5. The van der Waals surface area contributed by atoms with Gasteiger partial charge in [0, 0.05) is 37.6 Å². The fourth-order valence-corrected chi connectivity index (χ4v) is 3.69. The monoisotopic (exact) mass is 422 g/mol. The van der Waals surface area contributed by atoms with Crippen LogP contribution in [0.3, 0.4) is 0 Å². The zero-order valence-electron chi connectivity index (χ0n) is 17.3. The number of fused-ring (bicyclic) bond motifs is 1. The molecule has 160 valence electrons. The number of nitrogens with one attached hydrogen (secondary N) is 1. The molecule has 2 amide bonds. The molecule has 0 bridgehead atoms. The molecule has 0 spiro atoms. The molecule has 1 saturated heterocycles. The van der Waals surface area contributed by atoms with Gasteiger partial charge in [0.2, 0.25) is 0 Å². The summed E-state index contributed by atoms with van der Waals surface area (Å²) in [5, 5.41) is 7.31. The molecule has 1 N–H and O–H groups in total. The Kier molecular flexibility index (Phi) is 5.57. The molecule has 2 heterocycles. The van der Waals surface area contributed by atoms with E-state index in [0.29, 0.717) is 54.0 Å². The number of hydrogen-bond donors (Lipinski definition) is 1. The van der Waals surface area contributed by atoms with Crippen LogP contribution >= 0.6 is 0 Å². The average Bonchev–Trinajstić information content (AvgIpc) is 2.83. The van der Waals surface area contributed by atoms with Crippen LogP contribution in [0.4, 0.5) is 0 Å². The normalized spacial score (nSPS) is 13.9. The van der Waals surface area contributed by atoms with Crippen LogP contribution in [-0.2, 0) is 0 Å². The smallest absolute Gasteiger partial charge is 0.275 e. The minimum absolute atomic E-state index is 0.167. The van der Waals surface area contributed by atoms with E-state index < -0.39 is 0 Å². The number of aromatic amines is 1. The number of carbonyl (C=O) groups is 2. The van der Waals surface area contributed by atoms with Crippen molar-refractivity contribution in [1.29, 1.82) is 0 Å². The summed E-state index contributed by atoms with van der Waals surface area (Å²) in [5.41, 5.74) is 0.305. The number of nitrogens with zero attached hydrogens (tertiary/aromatic N) is 3. The first-order valence-corrected chi connectivity index (χ1v) is 9.81. The number of rotatable bonds is 4. The van der Waals surface area contributed by atoms with E-state index in [0.717, 1.165) is 0 Å². The lowest BCUT2D eigenvalue weighted by Gasteiger charge is -2.34. The van der Waals surface area contributed by atoms with Gasteiger partial charge in [-0.2, -0.15) is 5.10 Å². The fraction of sp³-hybridized carbons (Fsp3) is 0.273. The first-order chi connectivity index (χ1) is 15.0. The minimum atomic E-state index is -0.337. The molecule has 1 aromatic heterocycles. The maximum absolute atomic E-state index is 13.0. The van der Waals surface area contributed by atoms with Crippen molar-refractivity contribution >= 4 is 22.6 Å². The standard InChI is InChI=1S/C22H22N4O5/c1-30-14-7-8-17(18(13-14)31-2)21(28)25-9-11-26(12-10-25)22(29)19-15-5-3-4-6-16(15)20(27)24-23-19/h3-8,13H,9-12H2,1-2H3,(H,24,27). The van der Waals surface area contributed by atoms with Gasteiger partial charge >= 0.3 is 0 Å².